The molecule has 0 amide bonds. The summed E-state index contributed by atoms with van der Waals surface area (Å²) in [5, 5.41) is 11.6. The summed E-state index contributed by atoms with van der Waals surface area (Å²) in [5.41, 5.74) is 7.86. The maximum absolute atomic E-state index is 11.6. The first kappa shape index (κ1) is 15.1. The van der Waals surface area contributed by atoms with E-state index in [1.54, 1.807) is 0 Å². The molecule has 116 valence electrons. The Balaban J connectivity index is 1.91. The van der Waals surface area contributed by atoms with E-state index in [0.717, 1.165) is 43.1 Å². The summed E-state index contributed by atoms with van der Waals surface area (Å²) in [6.45, 7) is 5.24. The van der Waals surface area contributed by atoms with Crippen molar-refractivity contribution in [3.05, 3.63) is 35.4 Å². The van der Waals surface area contributed by atoms with Gasteiger partial charge in [0.1, 0.15) is 0 Å². The summed E-state index contributed by atoms with van der Waals surface area (Å²) in [7, 11) is 0. The molecule has 2 nitrogen and oxygen atoms in total. The summed E-state index contributed by atoms with van der Waals surface area (Å²) >= 11 is 0. The van der Waals surface area contributed by atoms with E-state index in [0.29, 0.717) is 6.54 Å². The van der Waals surface area contributed by atoms with Crippen molar-refractivity contribution in [3.63, 3.8) is 0 Å². The second-order valence-electron chi connectivity index (χ2n) is 7.58. The number of rotatable bonds is 3. The summed E-state index contributed by atoms with van der Waals surface area (Å²) in [6, 6.07) is 8.42. The summed E-state index contributed by atoms with van der Waals surface area (Å²) in [4.78, 5) is 0. The molecule has 1 aromatic carbocycles. The monoisotopic (exact) mass is 287 g/mol. The van der Waals surface area contributed by atoms with E-state index < -0.39 is 5.60 Å². The van der Waals surface area contributed by atoms with Gasteiger partial charge in [0.15, 0.2) is 0 Å². The smallest absolute Gasteiger partial charge is 0.0970 e. The molecule has 1 fully saturated rings. The zero-order valence-electron chi connectivity index (χ0n) is 13.4. The van der Waals surface area contributed by atoms with Gasteiger partial charge in [-0.05, 0) is 61.5 Å². The Morgan fingerprint density at radius 3 is 2.48 bits per heavy atom. The minimum atomic E-state index is -0.708. The predicted molar refractivity (Wildman–Crippen MR) is 86.9 cm³/mol. The molecule has 2 heteroatoms. The Hall–Kier alpha value is -0.860. The van der Waals surface area contributed by atoms with Gasteiger partial charge in [-0.2, -0.15) is 0 Å². The second kappa shape index (κ2) is 5.40. The summed E-state index contributed by atoms with van der Waals surface area (Å²) < 4.78 is 0. The van der Waals surface area contributed by atoms with E-state index in [-0.39, 0.29) is 5.41 Å². The van der Waals surface area contributed by atoms with Crippen LogP contribution in [0.4, 0.5) is 0 Å². The lowest BCUT2D eigenvalue weighted by Gasteiger charge is -2.50. The predicted octanol–water partition coefficient (Wildman–Crippen LogP) is 3.61. The highest BCUT2D eigenvalue weighted by molar-refractivity contribution is 5.39. The van der Waals surface area contributed by atoms with Crippen LogP contribution < -0.4 is 5.73 Å². The van der Waals surface area contributed by atoms with Crippen LogP contribution in [0, 0.1) is 17.3 Å². The molecule has 3 rings (SSSR count). The quantitative estimate of drug-likeness (QED) is 0.892. The van der Waals surface area contributed by atoms with Gasteiger partial charge in [-0.15, -0.1) is 0 Å². The molecule has 0 bridgehead atoms. The number of nitrogens with two attached hydrogens (primary N) is 1. The van der Waals surface area contributed by atoms with Crippen LogP contribution in [0.15, 0.2) is 24.3 Å². The van der Waals surface area contributed by atoms with E-state index in [1.807, 2.05) is 0 Å². The average molecular weight is 287 g/mol. The molecule has 1 aromatic rings. The van der Waals surface area contributed by atoms with Crippen LogP contribution in [0.5, 0.6) is 0 Å². The molecule has 3 N–H and O–H groups in total. The maximum atomic E-state index is 11.6. The SMILES string of the molecule is CC(C)C1CCC(CN)(C2(O)CCc3ccccc32)CC1. The Labute approximate surface area is 128 Å². The van der Waals surface area contributed by atoms with Crippen LogP contribution in [0.3, 0.4) is 0 Å². The molecule has 0 radical (unpaired) electrons. The van der Waals surface area contributed by atoms with Gasteiger partial charge in [0.2, 0.25) is 0 Å². The van der Waals surface area contributed by atoms with Gasteiger partial charge in [-0.1, -0.05) is 38.1 Å². The largest absolute Gasteiger partial charge is 0.385 e. The van der Waals surface area contributed by atoms with Crippen LogP contribution in [0.1, 0.15) is 57.1 Å². The van der Waals surface area contributed by atoms with Crippen LogP contribution in [-0.4, -0.2) is 11.7 Å². The van der Waals surface area contributed by atoms with Crippen molar-refractivity contribution in [2.45, 2.75) is 58.0 Å². The lowest BCUT2D eigenvalue weighted by Crippen LogP contribution is -2.51. The van der Waals surface area contributed by atoms with Gasteiger partial charge in [0, 0.05) is 12.0 Å². The fourth-order valence-electron chi connectivity index (χ4n) is 4.79. The minimum absolute atomic E-state index is 0.120. The summed E-state index contributed by atoms with van der Waals surface area (Å²) in [6.07, 6.45) is 6.38. The Bertz CT molecular complexity index is 502. The molecule has 2 aliphatic rings. The first-order chi connectivity index (χ1) is 10.0. The van der Waals surface area contributed by atoms with Crippen molar-refractivity contribution < 1.29 is 5.11 Å². The van der Waals surface area contributed by atoms with Crippen molar-refractivity contribution in [1.82, 2.24) is 0 Å². The molecule has 2 aliphatic carbocycles. The van der Waals surface area contributed by atoms with E-state index in [4.69, 9.17) is 5.73 Å². The van der Waals surface area contributed by atoms with Crippen LogP contribution >= 0.6 is 0 Å². The third-order valence-corrected chi connectivity index (χ3v) is 6.42. The molecule has 1 saturated carbocycles. The zero-order valence-corrected chi connectivity index (χ0v) is 13.4. The van der Waals surface area contributed by atoms with Crippen LogP contribution in [0.25, 0.3) is 0 Å². The highest BCUT2D eigenvalue weighted by Crippen LogP contribution is 2.56. The lowest BCUT2D eigenvalue weighted by atomic mass is 9.58. The highest BCUT2D eigenvalue weighted by atomic mass is 16.3. The van der Waals surface area contributed by atoms with Gasteiger partial charge in [0.25, 0.3) is 0 Å². The number of aliphatic hydroxyl groups is 1. The number of benzene rings is 1. The van der Waals surface area contributed by atoms with E-state index in [2.05, 4.69) is 38.1 Å². The minimum Gasteiger partial charge on any atom is -0.385 e. The molecular weight excluding hydrogens is 258 g/mol. The normalized spacial score (nSPS) is 36.0. The second-order valence-corrected chi connectivity index (χ2v) is 7.58. The maximum Gasteiger partial charge on any atom is 0.0970 e. The molecule has 0 aliphatic heterocycles. The van der Waals surface area contributed by atoms with Gasteiger partial charge >= 0.3 is 0 Å². The molecule has 0 spiro atoms. The molecular formula is C19H29NO. The van der Waals surface area contributed by atoms with E-state index >= 15 is 0 Å². The topological polar surface area (TPSA) is 46.2 Å². The molecule has 0 heterocycles. The third-order valence-electron chi connectivity index (χ3n) is 6.42. The van der Waals surface area contributed by atoms with Crippen LogP contribution in [-0.2, 0) is 12.0 Å². The molecule has 0 aromatic heterocycles. The average Bonchev–Trinajstić information content (AvgIpc) is 2.87. The van der Waals surface area contributed by atoms with E-state index in [9.17, 15) is 5.11 Å². The first-order valence-corrected chi connectivity index (χ1v) is 8.53. The Morgan fingerprint density at radius 2 is 1.86 bits per heavy atom. The molecule has 0 saturated heterocycles. The van der Waals surface area contributed by atoms with Gasteiger partial charge in [-0.3, -0.25) is 0 Å². The fraction of sp³-hybridized carbons (Fsp3) is 0.684. The van der Waals surface area contributed by atoms with Gasteiger partial charge in [0.05, 0.1) is 5.60 Å². The molecule has 21 heavy (non-hydrogen) atoms. The number of hydrogen-bond donors (Lipinski definition) is 2. The summed E-state index contributed by atoms with van der Waals surface area (Å²) in [5.74, 6) is 1.54. The number of hydrogen-bond acceptors (Lipinski definition) is 2. The van der Waals surface area contributed by atoms with Crippen LogP contribution in [0.2, 0.25) is 0 Å². The molecule has 1 atom stereocenters. The molecule has 1 unspecified atom stereocenters. The Kier molecular flexibility index (Phi) is 3.87. The Morgan fingerprint density at radius 1 is 1.19 bits per heavy atom. The van der Waals surface area contributed by atoms with Crippen molar-refractivity contribution in [2.24, 2.45) is 23.0 Å². The number of fused-ring (bicyclic) bond motifs is 1. The zero-order chi connectivity index (χ0) is 15.1. The van der Waals surface area contributed by atoms with E-state index in [1.165, 1.54) is 18.4 Å². The van der Waals surface area contributed by atoms with Gasteiger partial charge < -0.3 is 10.8 Å². The van der Waals surface area contributed by atoms with Crippen molar-refractivity contribution in [1.29, 1.82) is 0 Å². The number of aryl methyl sites for hydroxylation is 1. The lowest BCUT2D eigenvalue weighted by molar-refractivity contribution is -0.112. The standard InChI is InChI=1S/C19H29NO/c1-14(2)15-7-10-18(13-20,11-8-15)19(21)12-9-16-5-3-4-6-17(16)19/h3-6,14-15,21H,7-13,20H2,1-2H3. The van der Waals surface area contributed by atoms with Crippen molar-refractivity contribution >= 4 is 0 Å². The van der Waals surface area contributed by atoms with Crippen molar-refractivity contribution in [3.8, 4) is 0 Å². The van der Waals surface area contributed by atoms with Crippen molar-refractivity contribution in [2.75, 3.05) is 6.54 Å². The first-order valence-electron chi connectivity index (χ1n) is 8.53. The van der Waals surface area contributed by atoms with Gasteiger partial charge in [-0.25, -0.2) is 0 Å². The third kappa shape index (κ3) is 2.24. The highest BCUT2D eigenvalue weighted by Gasteiger charge is 2.54. The fourth-order valence-corrected chi connectivity index (χ4v) is 4.79.